The van der Waals surface area contributed by atoms with Gasteiger partial charge in [-0.2, -0.15) is 0 Å². The van der Waals surface area contributed by atoms with Crippen LogP contribution in [0.15, 0.2) is 0 Å². The molecule has 1 saturated heterocycles. The van der Waals surface area contributed by atoms with E-state index in [1.807, 2.05) is 0 Å². The Bertz CT molecular complexity index is 321. The van der Waals surface area contributed by atoms with Gasteiger partial charge in [-0.25, -0.2) is 0 Å². The van der Waals surface area contributed by atoms with Gasteiger partial charge in [0.25, 0.3) is 0 Å². The van der Waals surface area contributed by atoms with E-state index in [0.29, 0.717) is 0 Å². The van der Waals surface area contributed by atoms with Gasteiger partial charge in [0.1, 0.15) is 0 Å². The van der Waals surface area contributed by atoms with Gasteiger partial charge in [0.15, 0.2) is 0 Å². The number of esters is 1. The van der Waals surface area contributed by atoms with E-state index in [-0.39, 0.29) is 4.60 Å². The molecule has 0 aromatic heterocycles. The molecule has 4 N–H and O–H groups in total. The van der Waals surface area contributed by atoms with Crippen LogP contribution in [0.3, 0.4) is 0 Å². The summed E-state index contributed by atoms with van der Waals surface area (Å²) in [6.45, 7) is 0.288. The summed E-state index contributed by atoms with van der Waals surface area (Å²) in [6, 6.07) is 0. The summed E-state index contributed by atoms with van der Waals surface area (Å²) in [4.78, 5) is 19.8. The minimum atomic E-state index is -2.01. The van der Waals surface area contributed by atoms with Crippen LogP contribution in [0.4, 0.5) is 0 Å². The van der Waals surface area contributed by atoms with E-state index < -0.39 is 36.7 Å². The molecule has 17 heavy (non-hydrogen) atoms. The molecular formula is C8H12O8Se. The normalized spacial score (nSPS) is 28.6. The van der Waals surface area contributed by atoms with Crippen molar-refractivity contribution in [1.82, 2.24) is 0 Å². The van der Waals surface area contributed by atoms with Gasteiger partial charge in [0.05, 0.1) is 0 Å². The number of hydrogen-bond acceptors (Lipinski definition) is 8. The number of hydrogen-bond donors (Lipinski definition) is 4. The van der Waals surface area contributed by atoms with Gasteiger partial charge in [-0.3, -0.25) is 0 Å². The Morgan fingerprint density at radius 3 is 2.41 bits per heavy atom. The van der Waals surface area contributed by atoms with Crippen molar-refractivity contribution in [2.45, 2.75) is 31.0 Å². The Morgan fingerprint density at radius 1 is 1.53 bits per heavy atom. The number of ether oxygens (including phenoxy) is 1. The van der Waals surface area contributed by atoms with Crippen molar-refractivity contribution in [2.75, 3.05) is 6.61 Å². The third kappa shape index (κ3) is 2.66. The zero-order chi connectivity index (χ0) is 13.2. The van der Waals surface area contributed by atoms with Crippen LogP contribution < -0.4 is 0 Å². The first kappa shape index (κ1) is 14.5. The molecule has 8 nitrogen and oxygen atoms in total. The van der Waals surface area contributed by atoms with Crippen molar-refractivity contribution >= 4 is 26.1 Å². The molecule has 9 heteroatoms. The summed E-state index contributed by atoms with van der Waals surface area (Å²) >= 11 is 2.34. The van der Waals surface area contributed by atoms with E-state index in [2.05, 4.69) is 25.4 Å². The molecule has 0 aliphatic carbocycles. The average Bonchev–Trinajstić information content (AvgIpc) is 2.30. The summed E-state index contributed by atoms with van der Waals surface area (Å²) in [6.07, 6.45) is -5.22. The van der Waals surface area contributed by atoms with Crippen LogP contribution in [-0.4, -0.2) is 77.3 Å². The predicted molar refractivity (Wildman–Crippen MR) is 52.5 cm³/mol. The Balaban J connectivity index is 2.85. The number of carbonyl (C=O) groups excluding carboxylic acids is 1. The van der Waals surface area contributed by atoms with Gasteiger partial charge in [-0.05, 0) is 0 Å². The molecule has 1 aliphatic heterocycles. The van der Waals surface area contributed by atoms with E-state index in [9.17, 15) is 20.1 Å². The van der Waals surface area contributed by atoms with E-state index in [1.165, 1.54) is 0 Å². The van der Waals surface area contributed by atoms with Gasteiger partial charge in [-0.15, -0.1) is 0 Å². The molecule has 1 fully saturated rings. The Morgan fingerprint density at radius 2 is 2.12 bits per heavy atom. The fourth-order valence-corrected chi connectivity index (χ4v) is 1.69. The van der Waals surface area contributed by atoms with Crippen molar-refractivity contribution in [2.24, 2.45) is 0 Å². The fourth-order valence-electron chi connectivity index (χ4n) is 1.20. The van der Waals surface area contributed by atoms with E-state index >= 15 is 0 Å². The Hall–Kier alpha value is -0.541. The first-order chi connectivity index (χ1) is 7.85. The molecule has 0 unspecified atom stereocenters. The van der Waals surface area contributed by atoms with Crippen molar-refractivity contribution in [3.63, 3.8) is 0 Å². The molecule has 0 aromatic rings. The summed E-state index contributed by atoms with van der Waals surface area (Å²) in [5, 5.41) is 37.1. The molecule has 0 bridgehead atoms. The molecule has 1 rings (SSSR count). The maximum absolute atomic E-state index is 10.9. The zero-order valence-corrected chi connectivity index (χ0v) is 10.5. The van der Waals surface area contributed by atoms with Crippen molar-refractivity contribution in [3.8, 4) is 0 Å². The second-order valence-electron chi connectivity index (χ2n) is 3.40. The SMILES string of the molecule is CC(=O)O[C@]1([C@@H](O)[C@H](O)[C@H](O)CO)OOC1=[Se]. The number of rotatable bonds is 5. The summed E-state index contributed by atoms with van der Waals surface area (Å²) in [5.74, 6) is -2.80. The molecule has 0 saturated carbocycles. The van der Waals surface area contributed by atoms with Crippen molar-refractivity contribution in [3.05, 3.63) is 0 Å². The number of carbonyl (C=O) groups is 1. The van der Waals surface area contributed by atoms with Crippen LogP contribution in [0, 0.1) is 0 Å². The molecule has 0 amide bonds. The number of aliphatic hydroxyl groups is 4. The zero-order valence-electron chi connectivity index (χ0n) is 8.77. The van der Waals surface area contributed by atoms with E-state index in [0.717, 1.165) is 6.92 Å². The van der Waals surface area contributed by atoms with Gasteiger partial charge in [0, 0.05) is 0 Å². The summed E-state index contributed by atoms with van der Waals surface area (Å²) < 4.78 is 4.60. The average molecular weight is 315 g/mol. The quantitative estimate of drug-likeness (QED) is 0.235. The van der Waals surface area contributed by atoms with Crippen molar-refractivity contribution < 1.29 is 39.7 Å². The standard InChI is InChI=1S/C8H12O8Se/c1-3(10)14-8(7(17)15-16-8)6(13)5(12)4(11)2-9/h4-6,9,11-13H,2H2,1H3/t4-,5-,6+,8-/m1/s1. The van der Waals surface area contributed by atoms with Gasteiger partial charge in [-0.1, -0.05) is 0 Å². The first-order valence-corrected chi connectivity index (χ1v) is 5.45. The molecule has 4 atom stereocenters. The van der Waals surface area contributed by atoms with E-state index in [1.54, 1.807) is 0 Å². The topological polar surface area (TPSA) is 126 Å². The number of aliphatic hydroxyl groups excluding tert-OH is 4. The van der Waals surface area contributed by atoms with Crippen LogP contribution in [-0.2, 0) is 19.3 Å². The van der Waals surface area contributed by atoms with Gasteiger partial charge in [0.2, 0.25) is 0 Å². The Labute approximate surface area is 104 Å². The third-order valence-electron chi connectivity index (χ3n) is 2.12. The second-order valence-corrected chi connectivity index (χ2v) is 4.18. The molecule has 0 aromatic carbocycles. The molecule has 0 radical (unpaired) electrons. The summed E-state index contributed by atoms with van der Waals surface area (Å²) in [7, 11) is 0. The van der Waals surface area contributed by atoms with Crippen LogP contribution in [0.2, 0.25) is 0 Å². The molecule has 1 heterocycles. The van der Waals surface area contributed by atoms with E-state index in [4.69, 9.17) is 9.84 Å². The first-order valence-electron chi connectivity index (χ1n) is 4.60. The molecule has 0 spiro atoms. The molecular weight excluding hydrogens is 303 g/mol. The molecule has 1 aliphatic rings. The summed E-state index contributed by atoms with van der Waals surface area (Å²) in [5.41, 5.74) is 0. The minimum absolute atomic E-state index is 0.107. The van der Waals surface area contributed by atoms with Crippen LogP contribution >= 0.6 is 0 Å². The fraction of sp³-hybridized carbons (Fsp3) is 0.750. The van der Waals surface area contributed by atoms with Crippen LogP contribution in [0.1, 0.15) is 6.92 Å². The third-order valence-corrected chi connectivity index (χ3v) is 2.85. The van der Waals surface area contributed by atoms with Crippen molar-refractivity contribution in [1.29, 1.82) is 0 Å². The molecule has 98 valence electrons. The van der Waals surface area contributed by atoms with Gasteiger partial charge >= 0.3 is 104 Å². The maximum atomic E-state index is 10.9. The monoisotopic (exact) mass is 316 g/mol. The van der Waals surface area contributed by atoms with Crippen LogP contribution in [0.5, 0.6) is 0 Å². The van der Waals surface area contributed by atoms with Gasteiger partial charge < -0.3 is 0 Å². The predicted octanol–water partition coefficient (Wildman–Crippen LogP) is -3.42. The second kappa shape index (κ2) is 5.40. The Kier molecular flexibility index (Phi) is 4.61. The van der Waals surface area contributed by atoms with Crippen LogP contribution in [0.25, 0.3) is 0 Å².